The van der Waals surface area contributed by atoms with Crippen LogP contribution in [-0.4, -0.2) is 30.4 Å². The van der Waals surface area contributed by atoms with Crippen LogP contribution in [0.1, 0.15) is 28.8 Å². The van der Waals surface area contributed by atoms with Crippen LogP contribution in [0.4, 0.5) is 0 Å². The van der Waals surface area contributed by atoms with Crippen LogP contribution in [0.3, 0.4) is 0 Å². The van der Waals surface area contributed by atoms with Gasteiger partial charge in [0.05, 0.1) is 10.0 Å². The van der Waals surface area contributed by atoms with E-state index in [2.05, 4.69) is 34.5 Å². The van der Waals surface area contributed by atoms with Gasteiger partial charge in [0.25, 0.3) is 5.91 Å². The van der Waals surface area contributed by atoms with Crippen LogP contribution in [-0.2, 0) is 6.54 Å². The molecule has 1 amide bonds. The van der Waals surface area contributed by atoms with E-state index in [4.69, 9.17) is 23.2 Å². The monoisotopic (exact) mass is 376 g/mol. The van der Waals surface area contributed by atoms with E-state index in [1.165, 1.54) is 5.56 Å². The van der Waals surface area contributed by atoms with Gasteiger partial charge >= 0.3 is 0 Å². The first-order valence-corrected chi connectivity index (χ1v) is 9.37. The van der Waals surface area contributed by atoms with Crippen LogP contribution in [0.5, 0.6) is 0 Å². The third-order valence-corrected chi connectivity index (χ3v) is 5.43. The summed E-state index contributed by atoms with van der Waals surface area (Å²) < 4.78 is 0. The highest BCUT2D eigenvalue weighted by Gasteiger charge is 2.20. The second kappa shape index (κ2) is 8.70. The van der Waals surface area contributed by atoms with Crippen LogP contribution in [0.25, 0.3) is 0 Å². The molecule has 3 rings (SSSR count). The number of benzene rings is 2. The summed E-state index contributed by atoms with van der Waals surface area (Å²) in [6.07, 6.45) is 2.21. The Bertz CT molecular complexity index is 713. The summed E-state index contributed by atoms with van der Waals surface area (Å²) in [5.41, 5.74) is 1.91. The van der Waals surface area contributed by atoms with Crippen molar-refractivity contribution >= 4 is 29.1 Å². The molecule has 0 radical (unpaired) electrons. The van der Waals surface area contributed by atoms with Gasteiger partial charge in [-0.05, 0) is 55.6 Å². The molecule has 1 saturated heterocycles. The van der Waals surface area contributed by atoms with Gasteiger partial charge in [0.1, 0.15) is 0 Å². The van der Waals surface area contributed by atoms with Crippen LogP contribution >= 0.6 is 23.2 Å². The number of halogens is 2. The third-order valence-electron chi connectivity index (χ3n) is 4.69. The second-order valence-corrected chi connectivity index (χ2v) is 7.36. The first-order valence-electron chi connectivity index (χ1n) is 8.61. The maximum absolute atomic E-state index is 12.2. The second-order valence-electron chi connectivity index (χ2n) is 6.54. The molecular formula is C20H22Cl2N2O. The smallest absolute Gasteiger partial charge is 0.251 e. The van der Waals surface area contributed by atoms with Gasteiger partial charge in [0, 0.05) is 18.7 Å². The van der Waals surface area contributed by atoms with E-state index in [0.29, 0.717) is 28.1 Å². The molecule has 132 valence electrons. The van der Waals surface area contributed by atoms with Crippen LogP contribution in [0, 0.1) is 5.92 Å². The molecule has 0 saturated carbocycles. The number of amides is 1. The molecule has 2 aromatic rings. The van der Waals surface area contributed by atoms with Crippen molar-refractivity contribution in [3.05, 3.63) is 69.7 Å². The zero-order valence-corrected chi connectivity index (χ0v) is 15.6. The van der Waals surface area contributed by atoms with Crippen molar-refractivity contribution in [2.75, 3.05) is 19.6 Å². The Labute approximate surface area is 158 Å². The predicted octanol–water partition coefficient (Wildman–Crippen LogP) is 4.64. The van der Waals surface area contributed by atoms with E-state index >= 15 is 0 Å². The van der Waals surface area contributed by atoms with Gasteiger partial charge in [-0.15, -0.1) is 0 Å². The highest BCUT2D eigenvalue weighted by Crippen LogP contribution is 2.23. The molecule has 5 heteroatoms. The molecule has 0 spiro atoms. The summed E-state index contributed by atoms with van der Waals surface area (Å²) in [6, 6.07) is 15.5. The van der Waals surface area contributed by atoms with Crippen molar-refractivity contribution in [3.63, 3.8) is 0 Å². The number of hydrogen-bond acceptors (Lipinski definition) is 2. The van der Waals surface area contributed by atoms with E-state index in [-0.39, 0.29) is 5.91 Å². The van der Waals surface area contributed by atoms with E-state index in [0.717, 1.165) is 32.5 Å². The highest BCUT2D eigenvalue weighted by atomic mass is 35.5. The van der Waals surface area contributed by atoms with Gasteiger partial charge in [-0.25, -0.2) is 0 Å². The van der Waals surface area contributed by atoms with Crippen LogP contribution in [0.2, 0.25) is 10.0 Å². The van der Waals surface area contributed by atoms with Gasteiger partial charge < -0.3 is 5.32 Å². The molecule has 1 fully saturated rings. The number of piperidine rings is 1. The summed E-state index contributed by atoms with van der Waals surface area (Å²) in [5.74, 6) is 0.434. The Balaban J connectivity index is 1.43. The SMILES string of the molecule is O=C(NCC1CCN(Cc2ccccc2)CC1)c1ccc(Cl)c(Cl)c1. The Morgan fingerprint density at radius 3 is 2.44 bits per heavy atom. The number of hydrogen-bond donors (Lipinski definition) is 1. The highest BCUT2D eigenvalue weighted by molar-refractivity contribution is 6.42. The minimum Gasteiger partial charge on any atom is -0.352 e. The average Bonchev–Trinajstić information content (AvgIpc) is 2.64. The Morgan fingerprint density at radius 2 is 1.76 bits per heavy atom. The number of carbonyl (C=O) groups is 1. The molecule has 0 aliphatic carbocycles. The normalized spacial score (nSPS) is 15.9. The molecule has 0 bridgehead atoms. The van der Waals surface area contributed by atoms with Crippen molar-refractivity contribution in [2.45, 2.75) is 19.4 Å². The van der Waals surface area contributed by atoms with Crippen LogP contribution < -0.4 is 5.32 Å². The molecule has 0 unspecified atom stereocenters. The van der Waals surface area contributed by atoms with E-state index in [9.17, 15) is 4.79 Å². The first-order chi connectivity index (χ1) is 12.1. The Hall–Kier alpha value is -1.55. The molecule has 1 N–H and O–H groups in total. The standard InChI is InChI=1S/C20H22Cl2N2O/c21-18-7-6-17(12-19(18)22)20(25)23-13-15-8-10-24(11-9-15)14-16-4-2-1-3-5-16/h1-7,12,15H,8-11,13-14H2,(H,23,25). The van der Waals surface area contributed by atoms with E-state index in [1.54, 1.807) is 18.2 Å². The van der Waals surface area contributed by atoms with Gasteiger partial charge in [0.15, 0.2) is 0 Å². The fraction of sp³-hybridized carbons (Fsp3) is 0.350. The van der Waals surface area contributed by atoms with E-state index in [1.807, 2.05) is 6.07 Å². The van der Waals surface area contributed by atoms with Gasteiger partial charge in [-0.2, -0.15) is 0 Å². The Morgan fingerprint density at radius 1 is 1.04 bits per heavy atom. The molecule has 1 heterocycles. The zero-order valence-electron chi connectivity index (χ0n) is 14.1. The lowest BCUT2D eigenvalue weighted by Crippen LogP contribution is -2.38. The summed E-state index contributed by atoms with van der Waals surface area (Å²) in [6.45, 7) is 3.85. The van der Waals surface area contributed by atoms with E-state index < -0.39 is 0 Å². The number of nitrogens with one attached hydrogen (secondary N) is 1. The van der Waals surface area contributed by atoms with Crippen molar-refractivity contribution in [1.82, 2.24) is 10.2 Å². The number of nitrogens with zero attached hydrogens (tertiary/aromatic N) is 1. The van der Waals surface area contributed by atoms with Gasteiger partial charge in [-0.1, -0.05) is 53.5 Å². The molecule has 1 aliphatic rings. The average molecular weight is 377 g/mol. The van der Waals surface area contributed by atoms with Gasteiger partial charge in [0.2, 0.25) is 0 Å². The summed E-state index contributed by atoms with van der Waals surface area (Å²) in [7, 11) is 0. The molecule has 25 heavy (non-hydrogen) atoms. The first kappa shape index (κ1) is 18.2. The van der Waals surface area contributed by atoms with Crippen molar-refractivity contribution in [3.8, 4) is 0 Å². The number of rotatable bonds is 5. The lowest BCUT2D eigenvalue weighted by atomic mass is 9.96. The lowest BCUT2D eigenvalue weighted by molar-refractivity contribution is 0.0935. The topological polar surface area (TPSA) is 32.3 Å². The minimum atomic E-state index is -0.0923. The van der Waals surface area contributed by atoms with Gasteiger partial charge in [-0.3, -0.25) is 9.69 Å². The zero-order chi connectivity index (χ0) is 17.6. The Kier molecular flexibility index (Phi) is 6.35. The number of likely N-dealkylation sites (tertiary alicyclic amines) is 1. The van der Waals surface area contributed by atoms with Crippen LogP contribution in [0.15, 0.2) is 48.5 Å². The summed E-state index contributed by atoms with van der Waals surface area (Å²) in [4.78, 5) is 14.7. The largest absolute Gasteiger partial charge is 0.352 e. The molecule has 0 aromatic heterocycles. The molecule has 3 nitrogen and oxygen atoms in total. The molecule has 0 atom stereocenters. The molecular weight excluding hydrogens is 355 g/mol. The molecule has 2 aromatic carbocycles. The van der Waals surface area contributed by atoms with Crippen molar-refractivity contribution in [1.29, 1.82) is 0 Å². The maximum Gasteiger partial charge on any atom is 0.251 e. The minimum absolute atomic E-state index is 0.0923. The molecule has 1 aliphatic heterocycles. The third kappa shape index (κ3) is 5.21. The predicted molar refractivity (Wildman–Crippen MR) is 103 cm³/mol. The quantitative estimate of drug-likeness (QED) is 0.824. The fourth-order valence-corrected chi connectivity index (χ4v) is 3.46. The fourth-order valence-electron chi connectivity index (χ4n) is 3.17. The van der Waals surface area contributed by atoms with Crippen molar-refractivity contribution < 1.29 is 4.79 Å². The maximum atomic E-state index is 12.2. The summed E-state index contributed by atoms with van der Waals surface area (Å²) in [5, 5.41) is 3.89. The van der Waals surface area contributed by atoms with Crippen molar-refractivity contribution in [2.24, 2.45) is 5.92 Å². The summed E-state index contributed by atoms with van der Waals surface area (Å²) >= 11 is 11.9. The lowest BCUT2D eigenvalue weighted by Gasteiger charge is -2.32. The number of carbonyl (C=O) groups excluding carboxylic acids is 1.